The number of hydrogen-bond donors (Lipinski definition) is 2. The summed E-state index contributed by atoms with van der Waals surface area (Å²) in [6.07, 6.45) is 2.11. The lowest BCUT2D eigenvalue weighted by molar-refractivity contribution is 0.0697. The highest BCUT2D eigenvalue weighted by molar-refractivity contribution is 5.87. The van der Waals surface area contributed by atoms with Crippen LogP contribution in [-0.4, -0.2) is 35.6 Å². The molecule has 0 aliphatic carbocycles. The number of urea groups is 1. The normalized spacial score (nSPS) is 10.5. The van der Waals surface area contributed by atoms with E-state index in [2.05, 4.69) is 19.2 Å². The minimum Gasteiger partial charge on any atom is -0.478 e. The van der Waals surface area contributed by atoms with E-state index in [1.165, 1.54) is 0 Å². The van der Waals surface area contributed by atoms with Crippen molar-refractivity contribution in [1.29, 1.82) is 0 Å². The number of carbonyl (C=O) groups is 2. The molecule has 5 heteroatoms. The fourth-order valence-corrected chi connectivity index (χ4v) is 2.04. The summed E-state index contributed by atoms with van der Waals surface area (Å²) in [6.45, 7) is 5.38. The number of benzene rings is 1. The van der Waals surface area contributed by atoms with Crippen molar-refractivity contribution in [2.75, 3.05) is 13.6 Å². The number of carbonyl (C=O) groups excluding carboxylic acids is 1. The molecule has 0 aliphatic rings. The quantitative estimate of drug-likeness (QED) is 0.811. The zero-order valence-corrected chi connectivity index (χ0v) is 12.9. The van der Waals surface area contributed by atoms with Gasteiger partial charge < -0.3 is 15.3 Å². The molecule has 1 aromatic rings. The van der Waals surface area contributed by atoms with Crippen LogP contribution >= 0.6 is 0 Å². The van der Waals surface area contributed by atoms with Crippen LogP contribution in [-0.2, 0) is 6.54 Å². The number of carboxylic acid groups (broad SMARTS) is 1. The molecule has 2 amide bonds. The van der Waals surface area contributed by atoms with Crippen LogP contribution in [0.2, 0.25) is 0 Å². The van der Waals surface area contributed by atoms with Crippen LogP contribution in [0.25, 0.3) is 0 Å². The molecule has 0 radical (unpaired) electrons. The van der Waals surface area contributed by atoms with Crippen LogP contribution in [0.3, 0.4) is 0 Å². The summed E-state index contributed by atoms with van der Waals surface area (Å²) in [5.74, 6) is -0.435. The van der Waals surface area contributed by atoms with Gasteiger partial charge in [-0.2, -0.15) is 0 Å². The van der Waals surface area contributed by atoms with E-state index in [-0.39, 0.29) is 11.6 Å². The summed E-state index contributed by atoms with van der Waals surface area (Å²) in [4.78, 5) is 24.3. The maximum Gasteiger partial charge on any atom is 0.335 e. The van der Waals surface area contributed by atoms with Gasteiger partial charge in [0.05, 0.1) is 5.56 Å². The molecular formula is C16H24N2O3. The molecule has 0 fully saturated rings. The second kappa shape index (κ2) is 8.29. The van der Waals surface area contributed by atoms with Gasteiger partial charge in [0.15, 0.2) is 0 Å². The van der Waals surface area contributed by atoms with Crippen LogP contribution in [0.4, 0.5) is 4.79 Å². The monoisotopic (exact) mass is 292 g/mol. The Morgan fingerprint density at radius 3 is 2.24 bits per heavy atom. The first-order valence-electron chi connectivity index (χ1n) is 7.29. The fourth-order valence-electron chi connectivity index (χ4n) is 2.04. The highest BCUT2D eigenvalue weighted by Gasteiger charge is 2.11. The molecule has 2 N–H and O–H groups in total. The van der Waals surface area contributed by atoms with Crippen LogP contribution in [0.15, 0.2) is 24.3 Å². The van der Waals surface area contributed by atoms with Crippen LogP contribution in [0, 0.1) is 5.92 Å². The maximum atomic E-state index is 12.0. The number of carboxylic acids is 1. The number of amides is 2. The van der Waals surface area contributed by atoms with Gasteiger partial charge in [0.2, 0.25) is 0 Å². The zero-order valence-electron chi connectivity index (χ0n) is 12.9. The molecule has 1 rings (SSSR count). The Hall–Kier alpha value is -2.04. The minimum absolute atomic E-state index is 0.107. The number of rotatable bonds is 7. The van der Waals surface area contributed by atoms with Gasteiger partial charge in [-0.1, -0.05) is 38.8 Å². The topological polar surface area (TPSA) is 69.6 Å². The molecule has 0 saturated heterocycles. The minimum atomic E-state index is -0.946. The Labute approximate surface area is 126 Å². The van der Waals surface area contributed by atoms with Gasteiger partial charge in [-0.3, -0.25) is 0 Å². The molecule has 21 heavy (non-hydrogen) atoms. The van der Waals surface area contributed by atoms with E-state index in [1.54, 1.807) is 36.2 Å². The number of hydrogen-bond acceptors (Lipinski definition) is 2. The van der Waals surface area contributed by atoms with Gasteiger partial charge in [-0.15, -0.1) is 0 Å². The SMILES string of the molecule is CCC(CC)CNC(=O)N(C)Cc1ccc(C(=O)O)cc1. The lowest BCUT2D eigenvalue weighted by Gasteiger charge is -2.20. The predicted octanol–water partition coefficient (Wildman–Crippen LogP) is 2.96. The van der Waals surface area contributed by atoms with E-state index >= 15 is 0 Å². The van der Waals surface area contributed by atoms with E-state index in [4.69, 9.17) is 5.11 Å². The third-order valence-electron chi connectivity index (χ3n) is 3.66. The van der Waals surface area contributed by atoms with Crippen molar-refractivity contribution in [2.45, 2.75) is 33.2 Å². The fraction of sp³-hybridized carbons (Fsp3) is 0.500. The molecule has 0 aromatic heterocycles. The Morgan fingerprint density at radius 1 is 1.19 bits per heavy atom. The zero-order chi connectivity index (χ0) is 15.8. The van der Waals surface area contributed by atoms with Crippen LogP contribution in [0.5, 0.6) is 0 Å². The number of nitrogens with zero attached hydrogens (tertiary/aromatic N) is 1. The third-order valence-corrected chi connectivity index (χ3v) is 3.66. The van der Waals surface area contributed by atoms with Gasteiger partial charge in [0, 0.05) is 20.1 Å². The molecule has 1 aromatic carbocycles. The summed E-state index contributed by atoms with van der Waals surface area (Å²) < 4.78 is 0. The van der Waals surface area contributed by atoms with E-state index in [9.17, 15) is 9.59 Å². The Morgan fingerprint density at radius 2 is 1.76 bits per heavy atom. The highest BCUT2D eigenvalue weighted by Crippen LogP contribution is 2.08. The van der Waals surface area contributed by atoms with Crippen molar-refractivity contribution in [3.05, 3.63) is 35.4 Å². The van der Waals surface area contributed by atoms with Crippen molar-refractivity contribution < 1.29 is 14.7 Å². The highest BCUT2D eigenvalue weighted by atomic mass is 16.4. The molecule has 0 heterocycles. The van der Waals surface area contributed by atoms with Crippen molar-refractivity contribution >= 4 is 12.0 Å². The van der Waals surface area contributed by atoms with Crippen LogP contribution in [0.1, 0.15) is 42.6 Å². The Bertz CT molecular complexity index is 467. The van der Waals surface area contributed by atoms with Gasteiger partial charge in [0.1, 0.15) is 0 Å². The van der Waals surface area contributed by atoms with E-state index < -0.39 is 5.97 Å². The lowest BCUT2D eigenvalue weighted by atomic mass is 10.0. The number of aromatic carboxylic acids is 1. The first-order valence-corrected chi connectivity index (χ1v) is 7.29. The molecule has 0 atom stereocenters. The third kappa shape index (κ3) is 5.45. The smallest absolute Gasteiger partial charge is 0.335 e. The molecule has 116 valence electrons. The van der Waals surface area contributed by atoms with Gasteiger partial charge in [-0.05, 0) is 23.6 Å². The average Bonchev–Trinajstić information content (AvgIpc) is 2.48. The van der Waals surface area contributed by atoms with E-state index in [0.29, 0.717) is 19.0 Å². The molecule has 0 bridgehead atoms. The van der Waals surface area contributed by atoms with Crippen molar-refractivity contribution in [3.63, 3.8) is 0 Å². The molecule has 0 unspecified atom stereocenters. The summed E-state index contributed by atoms with van der Waals surface area (Å²) in [6, 6.07) is 6.45. The number of nitrogens with one attached hydrogen (secondary N) is 1. The van der Waals surface area contributed by atoms with Crippen molar-refractivity contribution in [3.8, 4) is 0 Å². The lowest BCUT2D eigenvalue weighted by Crippen LogP contribution is -2.39. The van der Waals surface area contributed by atoms with E-state index in [0.717, 1.165) is 18.4 Å². The summed E-state index contributed by atoms with van der Waals surface area (Å²) in [7, 11) is 1.73. The summed E-state index contributed by atoms with van der Waals surface area (Å²) >= 11 is 0. The summed E-state index contributed by atoms with van der Waals surface area (Å²) in [5.41, 5.74) is 1.15. The predicted molar refractivity (Wildman–Crippen MR) is 82.3 cm³/mol. The molecule has 0 saturated carbocycles. The Balaban J connectivity index is 2.50. The molecular weight excluding hydrogens is 268 g/mol. The van der Waals surface area contributed by atoms with Gasteiger partial charge >= 0.3 is 12.0 Å². The standard InChI is InChI=1S/C16H24N2O3/c1-4-12(5-2)10-17-16(21)18(3)11-13-6-8-14(9-7-13)15(19)20/h6-9,12H,4-5,10-11H2,1-3H3,(H,17,21)(H,19,20). The van der Waals surface area contributed by atoms with Crippen molar-refractivity contribution in [2.24, 2.45) is 5.92 Å². The second-order valence-electron chi connectivity index (χ2n) is 5.23. The van der Waals surface area contributed by atoms with Gasteiger partial charge in [0.25, 0.3) is 0 Å². The summed E-state index contributed by atoms with van der Waals surface area (Å²) in [5, 5.41) is 11.8. The first-order chi connectivity index (χ1) is 9.97. The van der Waals surface area contributed by atoms with Crippen LogP contribution < -0.4 is 5.32 Å². The maximum absolute atomic E-state index is 12.0. The molecule has 5 nitrogen and oxygen atoms in total. The van der Waals surface area contributed by atoms with Crippen molar-refractivity contribution in [1.82, 2.24) is 10.2 Å². The molecule has 0 aliphatic heterocycles. The second-order valence-corrected chi connectivity index (χ2v) is 5.23. The van der Waals surface area contributed by atoms with Gasteiger partial charge in [-0.25, -0.2) is 9.59 Å². The molecule has 0 spiro atoms. The largest absolute Gasteiger partial charge is 0.478 e. The first kappa shape index (κ1) is 17.0. The Kier molecular flexibility index (Phi) is 6.72. The average molecular weight is 292 g/mol. The van der Waals surface area contributed by atoms with E-state index in [1.807, 2.05) is 0 Å².